The molecule has 0 bridgehead atoms. The summed E-state index contributed by atoms with van der Waals surface area (Å²) < 4.78 is 5.79. The van der Waals surface area contributed by atoms with Gasteiger partial charge in [0.2, 0.25) is 0 Å². The first-order valence-corrected chi connectivity index (χ1v) is 10.9. The van der Waals surface area contributed by atoms with Gasteiger partial charge in [-0.25, -0.2) is 4.79 Å². The number of amides is 1. The van der Waals surface area contributed by atoms with Gasteiger partial charge in [0, 0.05) is 24.2 Å². The molecule has 182 valence electrons. The monoisotopic (exact) mass is 473 g/mol. The van der Waals surface area contributed by atoms with Gasteiger partial charge in [-0.15, -0.1) is 0 Å². The number of hydrogen-bond donors (Lipinski definition) is 2. The summed E-state index contributed by atoms with van der Waals surface area (Å²) in [5.41, 5.74) is -0.720. The molecular weight excluding hydrogens is 446 g/mol. The lowest BCUT2D eigenvalue weighted by Crippen LogP contribution is -2.48. The molecule has 1 amide bonds. The zero-order valence-electron chi connectivity index (χ0n) is 18.9. The SMILES string of the molecule is CC1CCCC(C)N1C(=O)OC(c1ccccc1[N+](=O)[O-])c1cc(CO)c(CO)cc1[N+](=O)[O-]. The van der Waals surface area contributed by atoms with E-state index in [2.05, 4.69) is 0 Å². The molecule has 2 N–H and O–H groups in total. The van der Waals surface area contributed by atoms with Crippen molar-refractivity contribution in [2.24, 2.45) is 0 Å². The lowest BCUT2D eigenvalue weighted by molar-refractivity contribution is -0.387. The largest absolute Gasteiger partial charge is 0.436 e. The molecule has 2 aromatic carbocycles. The van der Waals surface area contributed by atoms with Crippen molar-refractivity contribution in [2.45, 2.75) is 64.5 Å². The van der Waals surface area contributed by atoms with Crippen LogP contribution in [-0.4, -0.2) is 43.1 Å². The number of carbonyl (C=O) groups excluding carboxylic acids is 1. The maximum atomic E-state index is 13.3. The zero-order chi connectivity index (χ0) is 25.0. The highest BCUT2D eigenvalue weighted by Crippen LogP contribution is 2.39. The van der Waals surface area contributed by atoms with Crippen LogP contribution in [0.25, 0.3) is 0 Å². The molecule has 2 aromatic rings. The molecule has 0 aliphatic carbocycles. The van der Waals surface area contributed by atoms with Crippen molar-refractivity contribution in [3.05, 3.63) is 78.9 Å². The molecule has 0 radical (unpaired) electrons. The van der Waals surface area contributed by atoms with Crippen LogP contribution in [0.2, 0.25) is 0 Å². The van der Waals surface area contributed by atoms with Gasteiger partial charge in [0.25, 0.3) is 11.4 Å². The first kappa shape index (κ1) is 25.1. The number of carbonyl (C=O) groups is 1. The van der Waals surface area contributed by atoms with Crippen molar-refractivity contribution in [3.63, 3.8) is 0 Å². The molecule has 11 heteroatoms. The quantitative estimate of drug-likeness (QED) is 0.452. The van der Waals surface area contributed by atoms with Crippen LogP contribution in [0.4, 0.5) is 16.2 Å². The van der Waals surface area contributed by atoms with Gasteiger partial charge < -0.3 is 19.8 Å². The third-order valence-electron chi connectivity index (χ3n) is 6.21. The highest BCUT2D eigenvalue weighted by molar-refractivity contribution is 5.70. The van der Waals surface area contributed by atoms with E-state index in [-0.39, 0.29) is 40.0 Å². The number of nitro benzene ring substituents is 2. The predicted octanol–water partition coefficient (Wildman–Crippen LogP) is 3.98. The van der Waals surface area contributed by atoms with Crippen molar-refractivity contribution in [1.82, 2.24) is 4.90 Å². The summed E-state index contributed by atoms with van der Waals surface area (Å²) in [5, 5.41) is 43.0. The Morgan fingerprint density at radius 3 is 2.12 bits per heavy atom. The minimum absolute atomic E-state index is 0.0399. The summed E-state index contributed by atoms with van der Waals surface area (Å²) in [7, 11) is 0. The maximum Gasteiger partial charge on any atom is 0.411 e. The van der Waals surface area contributed by atoms with Gasteiger partial charge in [-0.1, -0.05) is 12.1 Å². The van der Waals surface area contributed by atoms with E-state index >= 15 is 0 Å². The lowest BCUT2D eigenvalue weighted by atomic mass is 9.94. The molecule has 1 aliphatic rings. The number of nitrogens with zero attached hydrogens (tertiary/aromatic N) is 3. The second-order valence-electron chi connectivity index (χ2n) is 8.37. The molecule has 1 fully saturated rings. The van der Waals surface area contributed by atoms with Crippen LogP contribution in [0.3, 0.4) is 0 Å². The van der Waals surface area contributed by atoms with Crippen LogP contribution in [-0.2, 0) is 18.0 Å². The standard InChI is InChI=1S/C23H27N3O8/c1-14-6-5-7-15(2)24(14)23(29)34-22(18-8-3-4-9-20(18)25(30)31)19-10-16(12-27)17(13-28)11-21(19)26(32)33/h3-4,8-11,14-15,22,27-28H,5-7,12-13H2,1-2H3. The Bertz CT molecular complexity index is 1080. The Labute approximate surface area is 195 Å². The minimum atomic E-state index is -1.49. The fraction of sp³-hybridized carbons (Fsp3) is 0.435. The van der Waals surface area contributed by atoms with Gasteiger partial charge in [0.05, 0.1) is 34.2 Å². The Kier molecular flexibility index (Phi) is 7.79. The smallest absolute Gasteiger partial charge is 0.411 e. The average molecular weight is 473 g/mol. The Hall–Kier alpha value is -3.57. The molecule has 11 nitrogen and oxygen atoms in total. The van der Waals surface area contributed by atoms with E-state index in [4.69, 9.17) is 4.74 Å². The van der Waals surface area contributed by atoms with E-state index in [1.807, 2.05) is 13.8 Å². The fourth-order valence-electron chi connectivity index (χ4n) is 4.47. The number of rotatable bonds is 7. The van der Waals surface area contributed by atoms with E-state index in [0.717, 1.165) is 25.3 Å². The molecular formula is C23H27N3O8. The van der Waals surface area contributed by atoms with Gasteiger partial charge in [-0.05, 0) is 56.4 Å². The number of likely N-dealkylation sites (tertiary alicyclic amines) is 1. The summed E-state index contributed by atoms with van der Waals surface area (Å²) in [5.74, 6) is 0. The van der Waals surface area contributed by atoms with Crippen molar-refractivity contribution in [2.75, 3.05) is 0 Å². The Morgan fingerprint density at radius 1 is 1.00 bits per heavy atom. The third kappa shape index (κ3) is 5.00. The molecule has 1 aliphatic heterocycles. The highest BCUT2D eigenvalue weighted by atomic mass is 16.6. The molecule has 0 spiro atoms. The molecule has 3 unspecified atom stereocenters. The number of piperidine rings is 1. The zero-order valence-corrected chi connectivity index (χ0v) is 18.9. The van der Waals surface area contributed by atoms with Crippen LogP contribution in [0, 0.1) is 20.2 Å². The molecule has 34 heavy (non-hydrogen) atoms. The first-order chi connectivity index (χ1) is 16.2. The van der Waals surface area contributed by atoms with Crippen LogP contribution in [0.1, 0.15) is 61.5 Å². The molecule has 3 rings (SSSR count). The number of nitro groups is 2. The van der Waals surface area contributed by atoms with Crippen LogP contribution in [0.5, 0.6) is 0 Å². The van der Waals surface area contributed by atoms with Gasteiger partial charge in [-0.3, -0.25) is 20.2 Å². The second-order valence-corrected chi connectivity index (χ2v) is 8.37. The molecule has 0 saturated carbocycles. The summed E-state index contributed by atoms with van der Waals surface area (Å²) in [6, 6.07) is 7.62. The van der Waals surface area contributed by atoms with Gasteiger partial charge in [0.15, 0.2) is 6.10 Å². The van der Waals surface area contributed by atoms with Crippen molar-refractivity contribution < 1.29 is 29.6 Å². The molecule has 3 atom stereocenters. The van der Waals surface area contributed by atoms with Gasteiger partial charge >= 0.3 is 6.09 Å². The van der Waals surface area contributed by atoms with Crippen LogP contribution in [0.15, 0.2) is 36.4 Å². The topological polar surface area (TPSA) is 156 Å². The van der Waals surface area contributed by atoms with E-state index in [9.17, 15) is 35.2 Å². The van der Waals surface area contributed by atoms with Crippen molar-refractivity contribution in [1.29, 1.82) is 0 Å². The predicted molar refractivity (Wildman–Crippen MR) is 121 cm³/mol. The number of ether oxygens (including phenoxy) is 1. The summed E-state index contributed by atoms with van der Waals surface area (Å²) in [6.07, 6.45) is 0.224. The lowest BCUT2D eigenvalue weighted by Gasteiger charge is -2.38. The van der Waals surface area contributed by atoms with Crippen molar-refractivity contribution >= 4 is 17.5 Å². The number of hydrogen-bond acceptors (Lipinski definition) is 8. The summed E-state index contributed by atoms with van der Waals surface area (Å²) in [6.45, 7) is 2.65. The second kappa shape index (κ2) is 10.6. The molecule has 0 aromatic heterocycles. The Balaban J connectivity index is 2.20. The average Bonchev–Trinajstić information content (AvgIpc) is 2.81. The molecule has 1 saturated heterocycles. The van der Waals surface area contributed by atoms with Crippen LogP contribution < -0.4 is 0 Å². The summed E-state index contributed by atoms with van der Waals surface area (Å²) in [4.78, 5) is 37.1. The number of benzene rings is 2. The van der Waals surface area contributed by atoms with E-state index in [1.54, 1.807) is 4.90 Å². The van der Waals surface area contributed by atoms with Gasteiger partial charge in [0.1, 0.15) is 0 Å². The van der Waals surface area contributed by atoms with Gasteiger partial charge in [-0.2, -0.15) is 0 Å². The Morgan fingerprint density at radius 2 is 1.56 bits per heavy atom. The van der Waals surface area contributed by atoms with E-state index in [1.165, 1.54) is 30.3 Å². The highest BCUT2D eigenvalue weighted by Gasteiger charge is 2.37. The van der Waals surface area contributed by atoms with Crippen LogP contribution >= 0.6 is 0 Å². The number of aliphatic hydroxyl groups is 2. The maximum absolute atomic E-state index is 13.3. The third-order valence-corrected chi connectivity index (χ3v) is 6.21. The van der Waals surface area contributed by atoms with E-state index < -0.39 is 40.9 Å². The van der Waals surface area contributed by atoms with E-state index in [0.29, 0.717) is 0 Å². The number of aliphatic hydroxyl groups excluding tert-OH is 2. The first-order valence-electron chi connectivity index (χ1n) is 10.9. The van der Waals surface area contributed by atoms with Crippen molar-refractivity contribution in [3.8, 4) is 0 Å². The fourth-order valence-corrected chi connectivity index (χ4v) is 4.47. The number of para-hydroxylation sites is 1. The molecule has 1 heterocycles. The minimum Gasteiger partial charge on any atom is -0.436 e. The summed E-state index contributed by atoms with van der Waals surface area (Å²) >= 11 is 0. The normalized spacial score (nSPS) is 18.9.